The fourth-order valence-electron chi connectivity index (χ4n) is 1.76. The van der Waals surface area contributed by atoms with Crippen LogP contribution in [0.3, 0.4) is 0 Å². The van der Waals surface area contributed by atoms with Gasteiger partial charge in [-0.25, -0.2) is 4.39 Å². The number of hydrogen-bond acceptors (Lipinski definition) is 4. The monoisotopic (exact) mass is 264 g/mol. The van der Waals surface area contributed by atoms with Crippen molar-refractivity contribution in [1.29, 1.82) is 0 Å². The summed E-state index contributed by atoms with van der Waals surface area (Å²) in [6, 6.07) is 3.28. The van der Waals surface area contributed by atoms with E-state index < -0.39 is 10.7 Å². The number of aryl methyl sites for hydroxylation is 1. The minimum atomic E-state index is -0.643. The Hall–Kier alpha value is -2.44. The Labute approximate surface area is 109 Å². The van der Waals surface area contributed by atoms with Crippen LogP contribution in [-0.4, -0.2) is 14.7 Å². The molecule has 19 heavy (non-hydrogen) atoms. The van der Waals surface area contributed by atoms with E-state index in [0.29, 0.717) is 5.69 Å². The van der Waals surface area contributed by atoms with Crippen LogP contribution >= 0.6 is 0 Å². The molecule has 1 heterocycles. The maximum atomic E-state index is 13.3. The van der Waals surface area contributed by atoms with Gasteiger partial charge in [-0.15, -0.1) is 0 Å². The summed E-state index contributed by atoms with van der Waals surface area (Å²) < 4.78 is 14.9. The van der Waals surface area contributed by atoms with Crippen molar-refractivity contribution < 1.29 is 9.31 Å². The second-order valence-electron chi connectivity index (χ2n) is 4.27. The molecule has 0 bridgehead atoms. The fraction of sp³-hybridized carbons (Fsp3) is 0.250. The first-order valence-corrected chi connectivity index (χ1v) is 5.66. The zero-order chi connectivity index (χ0) is 14.0. The summed E-state index contributed by atoms with van der Waals surface area (Å²) in [6.07, 6.45) is 3.51. The van der Waals surface area contributed by atoms with E-state index in [2.05, 4.69) is 10.4 Å². The van der Waals surface area contributed by atoms with Crippen molar-refractivity contribution in [2.75, 3.05) is 5.32 Å². The lowest BCUT2D eigenvalue weighted by molar-refractivity contribution is -0.385. The molecule has 0 saturated carbocycles. The highest BCUT2D eigenvalue weighted by Gasteiger charge is 2.12. The molecular formula is C12H13FN4O2. The van der Waals surface area contributed by atoms with E-state index in [1.165, 1.54) is 12.1 Å². The van der Waals surface area contributed by atoms with Gasteiger partial charge < -0.3 is 5.32 Å². The first-order valence-electron chi connectivity index (χ1n) is 5.66. The maximum absolute atomic E-state index is 13.3. The van der Waals surface area contributed by atoms with E-state index >= 15 is 0 Å². The van der Waals surface area contributed by atoms with Gasteiger partial charge in [0.2, 0.25) is 0 Å². The van der Waals surface area contributed by atoms with E-state index in [0.717, 1.165) is 11.6 Å². The molecule has 2 rings (SSSR count). The molecule has 1 atom stereocenters. The van der Waals surface area contributed by atoms with E-state index in [9.17, 15) is 14.5 Å². The van der Waals surface area contributed by atoms with Crippen molar-refractivity contribution in [3.05, 3.63) is 52.1 Å². The third kappa shape index (κ3) is 3.06. The van der Waals surface area contributed by atoms with E-state index in [1.807, 2.05) is 13.1 Å². The maximum Gasteiger partial charge on any atom is 0.274 e. The predicted molar refractivity (Wildman–Crippen MR) is 68.3 cm³/mol. The second kappa shape index (κ2) is 5.05. The van der Waals surface area contributed by atoms with Crippen LogP contribution in [0.25, 0.3) is 0 Å². The van der Waals surface area contributed by atoms with Gasteiger partial charge in [0.1, 0.15) is 5.82 Å². The van der Waals surface area contributed by atoms with Crippen LogP contribution in [0.2, 0.25) is 0 Å². The number of nitrogens with one attached hydrogen (secondary N) is 1. The van der Waals surface area contributed by atoms with Gasteiger partial charge in [0.15, 0.2) is 0 Å². The predicted octanol–water partition coefficient (Wildman–Crippen LogP) is 2.64. The molecule has 7 heteroatoms. The number of rotatable bonds is 4. The highest BCUT2D eigenvalue weighted by molar-refractivity contribution is 5.52. The highest BCUT2D eigenvalue weighted by Crippen LogP contribution is 2.24. The summed E-state index contributed by atoms with van der Waals surface area (Å²) in [5, 5.41) is 17.7. The first-order chi connectivity index (χ1) is 8.95. The van der Waals surface area contributed by atoms with Crippen molar-refractivity contribution in [1.82, 2.24) is 9.78 Å². The molecule has 0 aliphatic carbocycles. The smallest absolute Gasteiger partial charge is 0.274 e. The van der Waals surface area contributed by atoms with Crippen LogP contribution in [-0.2, 0) is 7.05 Å². The summed E-state index contributed by atoms with van der Waals surface area (Å²) in [6.45, 7) is 1.87. The number of hydrogen-bond donors (Lipinski definition) is 1. The lowest BCUT2D eigenvalue weighted by Crippen LogP contribution is -2.06. The summed E-state index contributed by atoms with van der Waals surface area (Å²) in [7, 11) is 1.79. The zero-order valence-corrected chi connectivity index (χ0v) is 10.5. The molecule has 100 valence electrons. The van der Waals surface area contributed by atoms with Gasteiger partial charge in [-0.05, 0) is 13.0 Å². The normalized spacial score (nSPS) is 12.2. The third-order valence-electron chi connectivity index (χ3n) is 2.70. The topological polar surface area (TPSA) is 73.0 Å². The Morgan fingerprint density at radius 3 is 2.79 bits per heavy atom. The molecule has 0 amide bonds. The number of nitro groups is 1. The van der Waals surface area contributed by atoms with Crippen molar-refractivity contribution in [3.63, 3.8) is 0 Å². The van der Waals surface area contributed by atoms with Gasteiger partial charge in [0.25, 0.3) is 5.69 Å². The van der Waals surface area contributed by atoms with Gasteiger partial charge >= 0.3 is 0 Å². The van der Waals surface area contributed by atoms with Crippen LogP contribution in [0.1, 0.15) is 18.5 Å². The van der Waals surface area contributed by atoms with Crippen molar-refractivity contribution in [2.45, 2.75) is 13.0 Å². The Balaban J connectivity index is 2.21. The van der Waals surface area contributed by atoms with Crippen LogP contribution < -0.4 is 5.32 Å². The molecule has 0 aliphatic heterocycles. The number of nitro benzene ring substituents is 1. The molecule has 1 N–H and O–H groups in total. The fourth-order valence-corrected chi connectivity index (χ4v) is 1.76. The van der Waals surface area contributed by atoms with Crippen molar-refractivity contribution >= 4 is 11.4 Å². The minimum Gasteiger partial charge on any atom is -0.378 e. The zero-order valence-electron chi connectivity index (χ0n) is 10.5. The molecule has 6 nitrogen and oxygen atoms in total. The van der Waals surface area contributed by atoms with E-state index in [4.69, 9.17) is 0 Å². The molecule has 0 fully saturated rings. The molecule has 1 aromatic heterocycles. The number of halogens is 1. The molecule has 1 unspecified atom stereocenters. The standard InChI is InChI=1S/C12H13FN4O2/c1-8(9-6-14-16(2)7-9)15-11-3-10(13)4-12(5-11)17(18)19/h3-8,15H,1-2H3. The summed E-state index contributed by atoms with van der Waals surface area (Å²) in [4.78, 5) is 10.0. The minimum absolute atomic E-state index is 0.130. The third-order valence-corrected chi connectivity index (χ3v) is 2.70. The SMILES string of the molecule is CC(Nc1cc(F)cc([N+](=O)[O-])c1)c1cnn(C)c1. The van der Waals surface area contributed by atoms with Crippen LogP contribution in [0.15, 0.2) is 30.6 Å². The Morgan fingerprint density at radius 1 is 1.47 bits per heavy atom. The summed E-state index contributed by atoms with van der Waals surface area (Å²) >= 11 is 0. The molecule has 0 aliphatic rings. The number of benzene rings is 1. The van der Waals surface area contributed by atoms with Gasteiger partial charge in [0.05, 0.1) is 23.2 Å². The van der Waals surface area contributed by atoms with Crippen molar-refractivity contribution in [2.24, 2.45) is 7.05 Å². The van der Waals surface area contributed by atoms with E-state index in [1.54, 1.807) is 17.9 Å². The quantitative estimate of drug-likeness (QED) is 0.680. The first kappa shape index (κ1) is 13.0. The number of non-ortho nitro benzene ring substituents is 1. The molecule has 0 spiro atoms. The Kier molecular flexibility index (Phi) is 3.46. The Bertz CT molecular complexity index is 612. The molecular weight excluding hydrogens is 251 g/mol. The molecule has 1 aromatic carbocycles. The van der Waals surface area contributed by atoms with Crippen molar-refractivity contribution in [3.8, 4) is 0 Å². The number of nitrogens with zero attached hydrogens (tertiary/aromatic N) is 3. The Morgan fingerprint density at radius 2 is 2.21 bits per heavy atom. The summed E-state index contributed by atoms with van der Waals surface area (Å²) in [5.74, 6) is -0.643. The average molecular weight is 264 g/mol. The van der Waals surface area contributed by atoms with Crippen LogP contribution in [0.5, 0.6) is 0 Å². The average Bonchev–Trinajstić information content (AvgIpc) is 2.75. The number of anilines is 1. The van der Waals surface area contributed by atoms with Crippen LogP contribution in [0.4, 0.5) is 15.8 Å². The van der Waals surface area contributed by atoms with Crippen LogP contribution in [0, 0.1) is 15.9 Å². The van der Waals surface area contributed by atoms with E-state index in [-0.39, 0.29) is 11.7 Å². The number of aromatic nitrogens is 2. The van der Waals surface area contributed by atoms with Gasteiger partial charge in [-0.2, -0.15) is 5.10 Å². The lowest BCUT2D eigenvalue weighted by atomic mass is 10.1. The van der Waals surface area contributed by atoms with Gasteiger partial charge in [-0.3, -0.25) is 14.8 Å². The molecule has 0 saturated heterocycles. The molecule has 2 aromatic rings. The largest absolute Gasteiger partial charge is 0.378 e. The highest BCUT2D eigenvalue weighted by atomic mass is 19.1. The molecule has 0 radical (unpaired) electrons. The van der Waals surface area contributed by atoms with Gasteiger partial charge in [0, 0.05) is 30.6 Å². The lowest BCUT2D eigenvalue weighted by Gasteiger charge is -2.13. The van der Waals surface area contributed by atoms with Gasteiger partial charge in [-0.1, -0.05) is 0 Å². The second-order valence-corrected chi connectivity index (χ2v) is 4.27. The summed E-state index contributed by atoms with van der Waals surface area (Å²) in [5.41, 5.74) is 0.998.